The van der Waals surface area contributed by atoms with Crippen molar-refractivity contribution in [2.24, 2.45) is 0 Å². The van der Waals surface area contributed by atoms with Gasteiger partial charge in [0.25, 0.3) is 10.0 Å². The first-order chi connectivity index (χ1) is 14.2. The maximum atomic E-state index is 13.9. The third kappa shape index (κ3) is 4.49. The van der Waals surface area contributed by atoms with Gasteiger partial charge in [-0.1, -0.05) is 42.0 Å². The molecule has 0 saturated carbocycles. The SMILES string of the molecule is Cc1ccc(N(CC(=O)Nc2c(F)cccc2F)S(=O)(=O)c2ccccc2)c(C)c1. The molecule has 0 aromatic heterocycles. The number of hydrogen-bond donors (Lipinski definition) is 1. The molecular weight excluding hydrogens is 410 g/mol. The molecule has 1 amide bonds. The Morgan fingerprint density at radius 2 is 1.57 bits per heavy atom. The summed E-state index contributed by atoms with van der Waals surface area (Å²) < 4.78 is 55.3. The third-order valence-corrected chi connectivity index (χ3v) is 6.24. The van der Waals surface area contributed by atoms with E-state index in [1.54, 1.807) is 43.3 Å². The lowest BCUT2D eigenvalue weighted by molar-refractivity contribution is -0.114. The molecule has 0 atom stereocenters. The maximum absolute atomic E-state index is 13.9. The highest BCUT2D eigenvalue weighted by Crippen LogP contribution is 2.28. The Labute approximate surface area is 174 Å². The molecule has 1 N–H and O–H groups in total. The molecular formula is C22H20F2N2O3S. The minimum atomic E-state index is -4.11. The quantitative estimate of drug-likeness (QED) is 0.630. The maximum Gasteiger partial charge on any atom is 0.264 e. The predicted octanol–water partition coefficient (Wildman–Crippen LogP) is 4.42. The molecule has 0 aliphatic carbocycles. The van der Waals surface area contributed by atoms with E-state index in [2.05, 4.69) is 5.32 Å². The van der Waals surface area contributed by atoms with E-state index >= 15 is 0 Å². The Balaban J connectivity index is 2.01. The van der Waals surface area contributed by atoms with Crippen LogP contribution < -0.4 is 9.62 Å². The van der Waals surface area contributed by atoms with E-state index in [0.717, 1.165) is 22.0 Å². The first kappa shape index (κ1) is 21.4. The standard InChI is InChI=1S/C22H20F2N2O3S/c1-15-11-12-20(16(2)13-15)26(30(28,29)17-7-4-3-5-8-17)14-21(27)25-22-18(23)9-6-10-19(22)24/h3-13H,14H2,1-2H3,(H,25,27). The molecule has 3 aromatic rings. The second kappa shape index (κ2) is 8.62. The van der Waals surface area contributed by atoms with Crippen molar-refractivity contribution in [2.45, 2.75) is 18.7 Å². The second-order valence-corrected chi connectivity index (χ2v) is 8.62. The van der Waals surface area contributed by atoms with Gasteiger partial charge in [0, 0.05) is 0 Å². The van der Waals surface area contributed by atoms with Gasteiger partial charge in [0.1, 0.15) is 23.9 Å². The van der Waals surface area contributed by atoms with Gasteiger partial charge in [0.15, 0.2) is 0 Å². The predicted molar refractivity (Wildman–Crippen MR) is 112 cm³/mol. The van der Waals surface area contributed by atoms with Crippen molar-refractivity contribution in [3.05, 3.63) is 89.5 Å². The van der Waals surface area contributed by atoms with Crippen molar-refractivity contribution in [3.8, 4) is 0 Å². The Morgan fingerprint density at radius 3 is 2.17 bits per heavy atom. The van der Waals surface area contributed by atoms with Gasteiger partial charge in [-0.25, -0.2) is 17.2 Å². The molecule has 0 spiro atoms. The number of nitrogens with zero attached hydrogens (tertiary/aromatic N) is 1. The topological polar surface area (TPSA) is 66.5 Å². The number of halogens is 2. The molecule has 156 valence electrons. The van der Waals surface area contributed by atoms with Crippen LogP contribution in [0.1, 0.15) is 11.1 Å². The van der Waals surface area contributed by atoms with Crippen LogP contribution in [0.25, 0.3) is 0 Å². The zero-order valence-corrected chi connectivity index (χ0v) is 17.2. The van der Waals surface area contributed by atoms with E-state index in [-0.39, 0.29) is 4.90 Å². The van der Waals surface area contributed by atoms with E-state index in [9.17, 15) is 22.0 Å². The van der Waals surface area contributed by atoms with Crippen LogP contribution in [0.5, 0.6) is 0 Å². The lowest BCUT2D eigenvalue weighted by Crippen LogP contribution is -2.38. The Hall–Kier alpha value is -3.26. The van der Waals surface area contributed by atoms with Crippen LogP contribution in [0.3, 0.4) is 0 Å². The van der Waals surface area contributed by atoms with Crippen LogP contribution in [-0.2, 0) is 14.8 Å². The van der Waals surface area contributed by atoms with E-state index in [4.69, 9.17) is 0 Å². The lowest BCUT2D eigenvalue weighted by atomic mass is 10.1. The smallest absolute Gasteiger partial charge is 0.264 e. The molecule has 0 aliphatic rings. The van der Waals surface area contributed by atoms with Gasteiger partial charge in [-0.05, 0) is 49.7 Å². The zero-order valence-electron chi connectivity index (χ0n) is 16.4. The van der Waals surface area contributed by atoms with Gasteiger partial charge in [0.05, 0.1) is 10.6 Å². The van der Waals surface area contributed by atoms with Crippen LogP contribution in [0.4, 0.5) is 20.2 Å². The second-order valence-electron chi connectivity index (χ2n) is 6.76. The minimum absolute atomic E-state index is 0.00477. The van der Waals surface area contributed by atoms with Gasteiger partial charge in [0.2, 0.25) is 5.91 Å². The molecule has 0 bridgehead atoms. The minimum Gasteiger partial charge on any atom is -0.320 e. The monoisotopic (exact) mass is 430 g/mol. The first-order valence-electron chi connectivity index (χ1n) is 9.09. The molecule has 0 fully saturated rings. The fraction of sp³-hybridized carbons (Fsp3) is 0.136. The highest BCUT2D eigenvalue weighted by molar-refractivity contribution is 7.92. The molecule has 0 saturated heterocycles. The van der Waals surface area contributed by atoms with Crippen LogP contribution in [0, 0.1) is 25.5 Å². The van der Waals surface area contributed by atoms with Crippen LogP contribution in [0.15, 0.2) is 71.6 Å². The van der Waals surface area contributed by atoms with E-state index < -0.39 is 39.8 Å². The van der Waals surface area contributed by atoms with Crippen LogP contribution in [0.2, 0.25) is 0 Å². The fourth-order valence-corrected chi connectivity index (χ4v) is 4.54. The van der Waals surface area contributed by atoms with Gasteiger partial charge in [-0.15, -0.1) is 0 Å². The summed E-state index contributed by atoms with van der Waals surface area (Å²) in [5, 5.41) is 2.14. The summed E-state index contributed by atoms with van der Waals surface area (Å²) >= 11 is 0. The molecule has 8 heteroatoms. The fourth-order valence-electron chi connectivity index (χ4n) is 3.03. The molecule has 5 nitrogen and oxygen atoms in total. The van der Waals surface area contributed by atoms with E-state index in [1.165, 1.54) is 18.2 Å². The Bertz CT molecular complexity index is 1160. The first-order valence-corrected chi connectivity index (χ1v) is 10.5. The number of rotatable bonds is 6. The summed E-state index contributed by atoms with van der Waals surface area (Å²) in [6, 6.07) is 15.9. The van der Waals surface area contributed by atoms with Crippen molar-refractivity contribution in [1.29, 1.82) is 0 Å². The highest BCUT2D eigenvalue weighted by Gasteiger charge is 2.28. The largest absolute Gasteiger partial charge is 0.320 e. The zero-order chi connectivity index (χ0) is 21.9. The summed E-state index contributed by atoms with van der Waals surface area (Å²) in [5.74, 6) is -2.78. The number of aryl methyl sites for hydroxylation is 2. The summed E-state index contributed by atoms with van der Waals surface area (Å²) in [7, 11) is -4.11. The third-order valence-electron chi connectivity index (χ3n) is 4.47. The van der Waals surface area contributed by atoms with E-state index in [0.29, 0.717) is 11.3 Å². The Morgan fingerprint density at radius 1 is 0.933 bits per heavy atom. The number of carbonyl (C=O) groups excluding carboxylic acids is 1. The molecule has 30 heavy (non-hydrogen) atoms. The van der Waals surface area contributed by atoms with Crippen LogP contribution in [-0.4, -0.2) is 20.9 Å². The van der Waals surface area contributed by atoms with Crippen molar-refractivity contribution in [2.75, 3.05) is 16.2 Å². The lowest BCUT2D eigenvalue weighted by Gasteiger charge is -2.26. The number of para-hydroxylation sites is 1. The molecule has 0 aliphatic heterocycles. The normalized spacial score (nSPS) is 11.2. The molecule has 0 unspecified atom stereocenters. The van der Waals surface area contributed by atoms with Crippen molar-refractivity contribution in [3.63, 3.8) is 0 Å². The molecule has 3 aromatic carbocycles. The van der Waals surface area contributed by atoms with Crippen molar-refractivity contribution >= 4 is 27.3 Å². The summed E-state index contributed by atoms with van der Waals surface area (Å²) in [6.45, 7) is 2.93. The van der Waals surface area contributed by atoms with Crippen molar-refractivity contribution < 1.29 is 22.0 Å². The molecule has 0 heterocycles. The number of hydrogen-bond acceptors (Lipinski definition) is 3. The number of anilines is 2. The number of benzene rings is 3. The van der Waals surface area contributed by atoms with Gasteiger partial charge in [-0.2, -0.15) is 0 Å². The number of amides is 1. The number of sulfonamides is 1. The Kier molecular flexibility index (Phi) is 6.17. The van der Waals surface area contributed by atoms with Gasteiger partial charge < -0.3 is 5.32 Å². The number of nitrogens with one attached hydrogen (secondary N) is 1. The highest BCUT2D eigenvalue weighted by atomic mass is 32.2. The van der Waals surface area contributed by atoms with Crippen molar-refractivity contribution in [1.82, 2.24) is 0 Å². The summed E-state index contributed by atoms with van der Waals surface area (Å²) in [4.78, 5) is 12.6. The average molecular weight is 430 g/mol. The summed E-state index contributed by atoms with van der Waals surface area (Å²) in [5.41, 5.74) is 1.24. The van der Waals surface area contributed by atoms with Gasteiger partial charge in [-0.3, -0.25) is 9.10 Å². The van der Waals surface area contributed by atoms with Crippen LogP contribution >= 0.6 is 0 Å². The average Bonchev–Trinajstić information content (AvgIpc) is 2.70. The van der Waals surface area contributed by atoms with E-state index in [1.807, 2.05) is 6.92 Å². The molecule has 0 radical (unpaired) electrons. The number of carbonyl (C=O) groups is 1. The summed E-state index contributed by atoms with van der Waals surface area (Å²) in [6.07, 6.45) is 0. The van der Waals surface area contributed by atoms with Gasteiger partial charge >= 0.3 is 0 Å². The molecule has 3 rings (SSSR count).